The van der Waals surface area contributed by atoms with Gasteiger partial charge in [-0.3, -0.25) is 0 Å². The predicted molar refractivity (Wildman–Crippen MR) is 123 cm³/mol. The molecular weight excluding hydrogens is 398 g/mol. The second kappa shape index (κ2) is 11.6. The summed E-state index contributed by atoms with van der Waals surface area (Å²) in [5.74, 6) is 6.30. The molecule has 0 saturated heterocycles. The van der Waals surface area contributed by atoms with E-state index in [0.717, 1.165) is 28.1 Å². The Labute approximate surface area is 188 Å². The van der Waals surface area contributed by atoms with E-state index in [1.165, 1.54) is 0 Å². The zero-order chi connectivity index (χ0) is 21.8. The van der Waals surface area contributed by atoms with E-state index < -0.39 is 0 Å². The summed E-state index contributed by atoms with van der Waals surface area (Å²) in [6, 6.07) is 30.3. The van der Waals surface area contributed by atoms with Crippen molar-refractivity contribution in [2.75, 3.05) is 6.61 Å². The number of hydrogen-bond acceptors (Lipinski definition) is 4. The highest BCUT2D eigenvalue weighted by Crippen LogP contribution is 2.11. The molecule has 0 aliphatic carbocycles. The molecule has 1 heterocycles. The average Bonchev–Trinajstić information content (AvgIpc) is 3.22. The molecule has 4 rings (SSSR count). The normalized spacial score (nSPS) is 10.5. The second-order valence-electron chi connectivity index (χ2n) is 7.29. The Morgan fingerprint density at radius 1 is 0.656 bits per heavy atom. The monoisotopic (exact) mass is 423 g/mol. The molecular formula is C27H25N3O2. The lowest BCUT2D eigenvalue weighted by Crippen LogP contribution is -2.06. The van der Waals surface area contributed by atoms with Gasteiger partial charge in [-0.05, 0) is 22.6 Å². The first-order valence-electron chi connectivity index (χ1n) is 10.6. The molecule has 32 heavy (non-hydrogen) atoms. The van der Waals surface area contributed by atoms with Gasteiger partial charge in [0.2, 0.25) is 0 Å². The SMILES string of the molecule is C(#Cc1c(COCc2ccccc2)nnn1Cc1ccccc1)COCc1ccccc1. The number of rotatable bonds is 9. The predicted octanol–water partition coefficient (Wildman–Crippen LogP) is 4.61. The lowest BCUT2D eigenvalue weighted by Gasteiger charge is -2.05. The number of hydrogen-bond donors (Lipinski definition) is 0. The Kier molecular flexibility index (Phi) is 7.81. The van der Waals surface area contributed by atoms with Crippen molar-refractivity contribution in [2.45, 2.75) is 26.4 Å². The van der Waals surface area contributed by atoms with Crippen LogP contribution in [0, 0.1) is 11.8 Å². The van der Waals surface area contributed by atoms with Gasteiger partial charge < -0.3 is 9.47 Å². The molecule has 4 aromatic rings. The zero-order valence-corrected chi connectivity index (χ0v) is 17.9. The van der Waals surface area contributed by atoms with E-state index in [4.69, 9.17) is 9.47 Å². The van der Waals surface area contributed by atoms with Crippen LogP contribution in [0.5, 0.6) is 0 Å². The summed E-state index contributed by atoms with van der Waals surface area (Å²) in [5.41, 5.74) is 4.86. The van der Waals surface area contributed by atoms with Gasteiger partial charge in [0.15, 0.2) is 0 Å². The molecule has 0 fully saturated rings. The second-order valence-corrected chi connectivity index (χ2v) is 7.29. The van der Waals surface area contributed by atoms with Crippen molar-refractivity contribution < 1.29 is 9.47 Å². The Bertz CT molecular complexity index is 1150. The summed E-state index contributed by atoms with van der Waals surface area (Å²) in [6.45, 7) is 2.32. The summed E-state index contributed by atoms with van der Waals surface area (Å²) < 4.78 is 13.4. The fourth-order valence-electron chi connectivity index (χ4n) is 3.20. The molecule has 0 saturated carbocycles. The summed E-state index contributed by atoms with van der Waals surface area (Å²) in [5, 5.41) is 8.66. The Balaban J connectivity index is 1.42. The van der Waals surface area contributed by atoms with Gasteiger partial charge in [0.1, 0.15) is 18.0 Å². The van der Waals surface area contributed by atoms with Crippen LogP contribution in [0.4, 0.5) is 0 Å². The Morgan fingerprint density at radius 2 is 1.22 bits per heavy atom. The van der Waals surface area contributed by atoms with Gasteiger partial charge in [-0.2, -0.15) is 0 Å². The number of ether oxygens (including phenoxy) is 2. The van der Waals surface area contributed by atoms with Gasteiger partial charge in [-0.15, -0.1) is 5.10 Å². The molecule has 3 aromatic carbocycles. The Hall–Kier alpha value is -3.72. The van der Waals surface area contributed by atoms with E-state index in [2.05, 4.69) is 34.3 Å². The highest BCUT2D eigenvalue weighted by molar-refractivity contribution is 5.32. The molecule has 0 atom stereocenters. The van der Waals surface area contributed by atoms with Crippen LogP contribution >= 0.6 is 0 Å². The van der Waals surface area contributed by atoms with Crippen LogP contribution in [0.3, 0.4) is 0 Å². The molecule has 0 aliphatic heterocycles. The minimum absolute atomic E-state index is 0.329. The quantitative estimate of drug-likeness (QED) is 0.291. The first-order chi connectivity index (χ1) is 15.9. The van der Waals surface area contributed by atoms with E-state index in [9.17, 15) is 0 Å². The molecule has 5 nitrogen and oxygen atoms in total. The van der Waals surface area contributed by atoms with Crippen molar-refractivity contribution in [1.82, 2.24) is 15.0 Å². The van der Waals surface area contributed by atoms with Gasteiger partial charge in [0, 0.05) is 0 Å². The molecule has 0 N–H and O–H groups in total. The van der Waals surface area contributed by atoms with Gasteiger partial charge >= 0.3 is 0 Å². The van der Waals surface area contributed by atoms with Gasteiger partial charge in [0.05, 0.1) is 26.4 Å². The number of benzene rings is 3. The topological polar surface area (TPSA) is 49.2 Å². The van der Waals surface area contributed by atoms with Crippen LogP contribution in [0.1, 0.15) is 28.1 Å². The number of aromatic nitrogens is 3. The van der Waals surface area contributed by atoms with Crippen LogP contribution in [0.2, 0.25) is 0 Å². The third-order valence-corrected chi connectivity index (χ3v) is 4.82. The van der Waals surface area contributed by atoms with E-state index in [1.807, 2.05) is 83.5 Å². The molecule has 0 spiro atoms. The molecule has 5 heteroatoms. The number of nitrogens with zero attached hydrogens (tertiary/aromatic N) is 3. The summed E-state index contributed by atoms with van der Waals surface area (Å²) >= 11 is 0. The molecule has 160 valence electrons. The van der Waals surface area contributed by atoms with Gasteiger partial charge in [0.25, 0.3) is 0 Å². The largest absolute Gasteiger partial charge is 0.370 e. The molecule has 0 aliphatic rings. The van der Waals surface area contributed by atoms with Gasteiger partial charge in [-0.25, -0.2) is 4.68 Å². The van der Waals surface area contributed by atoms with Crippen LogP contribution in [0.25, 0.3) is 0 Å². The van der Waals surface area contributed by atoms with Crippen molar-refractivity contribution in [3.8, 4) is 11.8 Å². The van der Waals surface area contributed by atoms with Crippen molar-refractivity contribution in [1.29, 1.82) is 0 Å². The standard InChI is InChI=1S/C27H25N3O2/c1-4-11-23(12-5-1)19-30-27(17-10-18-31-20-24-13-6-2-7-14-24)26(28-29-30)22-32-21-25-15-8-3-9-16-25/h1-9,11-16H,18-22H2. The van der Waals surface area contributed by atoms with Crippen LogP contribution in [-0.4, -0.2) is 21.6 Å². The first kappa shape index (κ1) is 21.5. The lowest BCUT2D eigenvalue weighted by atomic mass is 10.2. The maximum Gasteiger partial charge on any atom is 0.137 e. The highest BCUT2D eigenvalue weighted by atomic mass is 16.5. The van der Waals surface area contributed by atoms with Crippen molar-refractivity contribution in [3.63, 3.8) is 0 Å². The molecule has 1 aromatic heterocycles. The fourth-order valence-corrected chi connectivity index (χ4v) is 3.20. The van der Waals surface area contributed by atoms with E-state index in [0.29, 0.717) is 33.0 Å². The summed E-state index contributed by atoms with van der Waals surface area (Å²) in [6.07, 6.45) is 0. The third-order valence-electron chi connectivity index (χ3n) is 4.82. The average molecular weight is 424 g/mol. The van der Waals surface area contributed by atoms with Gasteiger partial charge in [-0.1, -0.05) is 102 Å². The van der Waals surface area contributed by atoms with Crippen LogP contribution in [-0.2, 0) is 35.8 Å². The third kappa shape index (κ3) is 6.39. The molecule has 0 bridgehead atoms. The maximum absolute atomic E-state index is 5.88. The van der Waals surface area contributed by atoms with E-state index in [1.54, 1.807) is 0 Å². The van der Waals surface area contributed by atoms with E-state index in [-0.39, 0.29) is 0 Å². The summed E-state index contributed by atoms with van der Waals surface area (Å²) in [7, 11) is 0. The van der Waals surface area contributed by atoms with Crippen molar-refractivity contribution >= 4 is 0 Å². The first-order valence-corrected chi connectivity index (χ1v) is 10.6. The van der Waals surface area contributed by atoms with E-state index >= 15 is 0 Å². The molecule has 0 radical (unpaired) electrons. The minimum atomic E-state index is 0.329. The highest BCUT2D eigenvalue weighted by Gasteiger charge is 2.12. The lowest BCUT2D eigenvalue weighted by molar-refractivity contribution is 0.104. The smallest absolute Gasteiger partial charge is 0.137 e. The fraction of sp³-hybridized carbons (Fsp3) is 0.185. The van der Waals surface area contributed by atoms with Crippen molar-refractivity contribution in [3.05, 3.63) is 119 Å². The van der Waals surface area contributed by atoms with Crippen LogP contribution < -0.4 is 0 Å². The molecule has 0 amide bonds. The minimum Gasteiger partial charge on any atom is -0.370 e. The summed E-state index contributed by atoms with van der Waals surface area (Å²) in [4.78, 5) is 0. The zero-order valence-electron chi connectivity index (χ0n) is 17.9. The molecule has 0 unspecified atom stereocenters. The Morgan fingerprint density at radius 3 is 1.84 bits per heavy atom. The maximum atomic E-state index is 5.88. The van der Waals surface area contributed by atoms with Crippen molar-refractivity contribution in [2.24, 2.45) is 0 Å². The van der Waals surface area contributed by atoms with Crippen LogP contribution in [0.15, 0.2) is 91.0 Å².